The average molecular weight is 1010 g/mol. The summed E-state index contributed by atoms with van der Waals surface area (Å²) in [6.07, 6.45) is 75.8. The lowest BCUT2D eigenvalue weighted by molar-refractivity contribution is -0.870. The summed E-state index contributed by atoms with van der Waals surface area (Å²) in [4.78, 5) is 37.2. The third-order valence-corrected chi connectivity index (χ3v) is 10.8. The van der Waals surface area contributed by atoms with Crippen LogP contribution in [0.1, 0.15) is 168 Å². The molecule has 73 heavy (non-hydrogen) atoms. The van der Waals surface area contributed by atoms with Crippen LogP contribution in [0.4, 0.5) is 0 Å². The molecular weight excluding hydrogens is 911 g/mol. The maximum absolute atomic E-state index is 12.8. The summed E-state index contributed by atoms with van der Waals surface area (Å²) >= 11 is 0. The van der Waals surface area contributed by atoms with Crippen molar-refractivity contribution in [2.45, 2.75) is 180 Å². The SMILES string of the molecule is CC/C=C\C/C=C\C/C=C\C/C=C\C/C=C\C/C=C\C/C=C\C/C=C\C/C=C\CCCC(=O)OC(COC(=O)CCCCCCCC/C=C\C/C=C\C/C=C\C/C=C\CC)COC(OCC[N+](C)(C)C)C(=O)[O-]. The molecule has 0 aromatic heterocycles. The van der Waals surface area contributed by atoms with E-state index in [1.807, 2.05) is 27.2 Å². The number of hydrogen-bond donors (Lipinski definition) is 0. The molecule has 0 aromatic carbocycles. The third-order valence-electron chi connectivity index (χ3n) is 10.8. The minimum Gasteiger partial charge on any atom is -0.545 e. The van der Waals surface area contributed by atoms with E-state index in [1.165, 1.54) is 0 Å². The molecule has 0 spiro atoms. The van der Waals surface area contributed by atoms with Crippen LogP contribution >= 0.6 is 0 Å². The Labute approximate surface area is 444 Å². The number of hydrogen-bond acceptors (Lipinski definition) is 8. The molecule has 0 aliphatic carbocycles. The van der Waals surface area contributed by atoms with Crippen LogP contribution in [0.15, 0.2) is 158 Å². The topological polar surface area (TPSA) is 111 Å². The molecule has 2 unspecified atom stereocenters. The fourth-order valence-electron chi connectivity index (χ4n) is 6.58. The van der Waals surface area contributed by atoms with Crippen LogP contribution in [0.2, 0.25) is 0 Å². The number of carboxylic acids is 1. The van der Waals surface area contributed by atoms with E-state index in [4.69, 9.17) is 18.9 Å². The molecule has 9 nitrogen and oxygen atoms in total. The van der Waals surface area contributed by atoms with E-state index in [9.17, 15) is 19.5 Å². The van der Waals surface area contributed by atoms with Gasteiger partial charge < -0.3 is 33.3 Å². The summed E-state index contributed by atoms with van der Waals surface area (Å²) < 4.78 is 22.6. The molecule has 0 amide bonds. The molecule has 2 atom stereocenters. The number of unbranched alkanes of at least 4 members (excludes halogenated alkanes) is 7. The Hall–Kier alpha value is -5.09. The van der Waals surface area contributed by atoms with E-state index in [-0.39, 0.29) is 32.7 Å². The molecular formula is C64H99NO8. The molecule has 0 aliphatic rings. The molecule has 0 heterocycles. The summed E-state index contributed by atoms with van der Waals surface area (Å²) in [7, 11) is 5.88. The normalized spacial score (nSPS) is 14.0. The van der Waals surface area contributed by atoms with Crippen molar-refractivity contribution in [3.8, 4) is 0 Å². The van der Waals surface area contributed by atoms with Crippen molar-refractivity contribution in [3.05, 3.63) is 158 Å². The molecule has 0 N–H and O–H groups in total. The summed E-state index contributed by atoms with van der Waals surface area (Å²) in [6, 6.07) is 0. The van der Waals surface area contributed by atoms with Gasteiger partial charge in [0.15, 0.2) is 12.4 Å². The standard InChI is InChI=1S/C64H99NO8/c1-6-8-10-12-14-16-18-20-22-24-26-27-28-29-30-31-32-33-34-35-37-39-41-43-45-47-49-51-53-55-62(67)73-60(59-72-64(63(68)69)70-57-56-65(3,4)5)58-71-61(66)54-52-50-48-46-44-42-40-38-36-25-23-21-19-17-15-13-11-9-7-2/h8-11,14-17,20-23,26-27,29-30,32-33,35-38,41,43,47,49,60,64H,6-7,12-13,18-19,24-25,28,31,34,39-40,42,44-46,48,50-59H2,1-5H3/b10-8-,11-9-,16-14-,17-15-,22-20-,23-21-,27-26-,30-29-,33-32-,37-35-,38-36-,43-41-,49-47-. The van der Waals surface area contributed by atoms with Gasteiger partial charge in [0, 0.05) is 12.8 Å². The zero-order valence-electron chi connectivity index (χ0n) is 46.2. The van der Waals surface area contributed by atoms with Crippen molar-refractivity contribution in [1.29, 1.82) is 0 Å². The number of carboxylic acid groups (broad SMARTS) is 1. The van der Waals surface area contributed by atoms with Gasteiger partial charge in [-0.25, -0.2) is 0 Å². The average Bonchev–Trinajstić information content (AvgIpc) is 3.36. The zero-order chi connectivity index (χ0) is 53.4. The van der Waals surface area contributed by atoms with Gasteiger partial charge in [-0.3, -0.25) is 9.59 Å². The number of aliphatic carboxylic acids is 1. The Morgan fingerprint density at radius 3 is 1.14 bits per heavy atom. The van der Waals surface area contributed by atoms with Gasteiger partial charge in [0.1, 0.15) is 13.2 Å². The van der Waals surface area contributed by atoms with Gasteiger partial charge in [0.2, 0.25) is 0 Å². The highest BCUT2D eigenvalue weighted by atomic mass is 16.7. The van der Waals surface area contributed by atoms with Crippen LogP contribution in [0, 0.1) is 0 Å². The van der Waals surface area contributed by atoms with Crippen LogP contribution in [-0.4, -0.2) is 82.3 Å². The molecule has 0 radical (unpaired) electrons. The van der Waals surface area contributed by atoms with Crippen molar-refractivity contribution in [2.24, 2.45) is 0 Å². The number of carbonyl (C=O) groups excluding carboxylic acids is 3. The molecule has 0 aliphatic heterocycles. The van der Waals surface area contributed by atoms with Crippen molar-refractivity contribution in [1.82, 2.24) is 0 Å². The third kappa shape index (κ3) is 54.5. The second kappa shape index (κ2) is 53.2. The lowest BCUT2D eigenvalue weighted by Gasteiger charge is -2.26. The van der Waals surface area contributed by atoms with E-state index in [0.717, 1.165) is 122 Å². The number of nitrogens with zero attached hydrogens (tertiary/aromatic N) is 1. The second-order valence-corrected chi connectivity index (χ2v) is 18.8. The fraction of sp³-hybridized carbons (Fsp3) is 0.547. The number of likely N-dealkylation sites (N-methyl/N-ethyl adjacent to an activating group) is 1. The number of allylic oxidation sites excluding steroid dienone is 26. The maximum Gasteiger partial charge on any atom is 0.306 e. The van der Waals surface area contributed by atoms with E-state index >= 15 is 0 Å². The minimum absolute atomic E-state index is 0.124. The van der Waals surface area contributed by atoms with Crippen LogP contribution in [0.3, 0.4) is 0 Å². The van der Waals surface area contributed by atoms with Crippen LogP contribution < -0.4 is 5.11 Å². The zero-order valence-corrected chi connectivity index (χ0v) is 46.2. The first-order chi connectivity index (χ1) is 35.6. The Kier molecular flexibility index (Phi) is 49.5. The van der Waals surface area contributed by atoms with E-state index in [0.29, 0.717) is 30.3 Å². The molecule has 0 bridgehead atoms. The lowest BCUT2D eigenvalue weighted by atomic mass is 10.1. The fourth-order valence-corrected chi connectivity index (χ4v) is 6.58. The van der Waals surface area contributed by atoms with Crippen molar-refractivity contribution in [2.75, 3.05) is 47.5 Å². The Morgan fingerprint density at radius 2 is 0.753 bits per heavy atom. The van der Waals surface area contributed by atoms with Crippen molar-refractivity contribution in [3.63, 3.8) is 0 Å². The first-order valence-electron chi connectivity index (χ1n) is 27.6. The van der Waals surface area contributed by atoms with Gasteiger partial charge in [0.25, 0.3) is 0 Å². The number of carbonyl (C=O) groups is 3. The molecule has 0 fully saturated rings. The summed E-state index contributed by atoms with van der Waals surface area (Å²) in [5.74, 6) is -2.41. The van der Waals surface area contributed by atoms with Gasteiger partial charge in [0.05, 0.1) is 40.3 Å². The van der Waals surface area contributed by atoms with Gasteiger partial charge in [-0.05, 0) is 116 Å². The molecule has 0 saturated carbocycles. The Balaban J connectivity index is 4.47. The van der Waals surface area contributed by atoms with Gasteiger partial charge >= 0.3 is 11.9 Å². The highest BCUT2D eigenvalue weighted by Gasteiger charge is 2.21. The van der Waals surface area contributed by atoms with Gasteiger partial charge in [-0.2, -0.15) is 0 Å². The largest absolute Gasteiger partial charge is 0.545 e. The lowest BCUT2D eigenvalue weighted by Crippen LogP contribution is -2.44. The highest BCUT2D eigenvalue weighted by Crippen LogP contribution is 2.12. The molecule has 0 rings (SSSR count). The summed E-state index contributed by atoms with van der Waals surface area (Å²) in [5, 5.41) is 11.8. The number of ether oxygens (including phenoxy) is 4. The first kappa shape index (κ1) is 67.9. The molecule has 0 aromatic rings. The van der Waals surface area contributed by atoms with Crippen molar-refractivity contribution < 1.29 is 42.9 Å². The van der Waals surface area contributed by atoms with Gasteiger partial charge in [-0.15, -0.1) is 0 Å². The maximum atomic E-state index is 12.8. The van der Waals surface area contributed by atoms with E-state index < -0.39 is 30.3 Å². The predicted octanol–water partition coefficient (Wildman–Crippen LogP) is 14.9. The number of quaternary nitrogens is 1. The first-order valence-corrected chi connectivity index (χ1v) is 27.6. The summed E-state index contributed by atoms with van der Waals surface area (Å²) in [5.41, 5.74) is 0. The Bertz CT molecular complexity index is 1750. The smallest absolute Gasteiger partial charge is 0.306 e. The summed E-state index contributed by atoms with van der Waals surface area (Å²) in [6.45, 7) is 4.40. The quantitative estimate of drug-likeness (QED) is 0.0195. The molecule has 9 heteroatoms. The number of esters is 2. The van der Waals surface area contributed by atoms with E-state index in [2.05, 4.69) is 166 Å². The van der Waals surface area contributed by atoms with Gasteiger partial charge in [-0.1, -0.05) is 198 Å². The second-order valence-electron chi connectivity index (χ2n) is 18.8. The van der Waals surface area contributed by atoms with E-state index in [1.54, 1.807) is 0 Å². The minimum atomic E-state index is -1.65. The van der Waals surface area contributed by atoms with Crippen LogP contribution in [0.25, 0.3) is 0 Å². The Morgan fingerprint density at radius 1 is 0.411 bits per heavy atom. The predicted molar refractivity (Wildman–Crippen MR) is 305 cm³/mol. The molecule has 0 saturated heterocycles. The molecule has 408 valence electrons. The van der Waals surface area contributed by atoms with Crippen LogP contribution in [-0.2, 0) is 33.3 Å². The van der Waals surface area contributed by atoms with Crippen LogP contribution in [0.5, 0.6) is 0 Å². The van der Waals surface area contributed by atoms with Crippen molar-refractivity contribution >= 4 is 17.9 Å². The highest BCUT2D eigenvalue weighted by molar-refractivity contribution is 5.70. The monoisotopic (exact) mass is 1010 g/mol. The number of rotatable bonds is 48.